The van der Waals surface area contributed by atoms with Crippen LogP contribution in [0.3, 0.4) is 0 Å². The molecular formula is C22H27BrN2OS. The largest absolute Gasteiger partial charge is 0.355 e. The zero-order valence-electron chi connectivity index (χ0n) is 15.8. The van der Waals surface area contributed by atoms with Crippen molar-refractivity contribution in [3.8, 4) is 0 Å². The fraction of sp³-hybridized carbons (Fsp3) is 0.409. The third-order valence-electron chi connectivity index (χ3n) is 4.97. The number of carbonyl (C=O) groups excluding carboxylic acids is 1. The fourth-order valence-corrected chi connectivity index (χ4v) is 4.36. The van der Waals surface area contributed by atoms with Gasteiger partial charge in [0.05, 0.1) is 0 Å². The number of benzene rings is 2. The lowest BCUT2D eigenvalue weighted by atomic mass is 9.95. The number of rotatable bonds is 7. The quantitative estimate of drug-likeness (QED) is 0.485. The first-order chi connectivity index (χ1) is 13.1. The van der Waals surface area contributed by atoms with Crippen LogP contribution in [0.25, 0.3) is 0 Å². The van der Waals surface area contributed by atoms with Gasteiger partial charge >= 0.3 is 0 Å². The minimum Gasteiger partial charge on any atom is -0.355 e. The summed E-state index contributed by atoms with van der Waals surface area (Å²) in [6.07, 6.45) is 1.90. The highest BCUT2D eigenvalue weighted by molar-refractivity contribution is 9.10. The molecule has 1 aliphatic heterocycles. The van der Waals surface area contributed by atoms with Crippen LogP contribution >= 0.6 is 27.7 Å². The standard InChI is InChI=1S/C22H27BrN2OS/c1-17-2-8-21(9-3-17)27-15-12-24-22(26)19-10-13-25(14-11-19)16-18-4-6-20(23)7-5-18/h2-9,19H,10-16H2,1H3,(H,24,26). The van der Waals surface area contributed by atoms with Gasteiger partial charge in [0.25, 0.3) is 0 Å². The maximum absolute atomic E-state index is 12.4. The van der Waals surface area contributed by atoms with Crippen LogP contribution in [-0.4, -0.2) is 36.2 Å². The fourth-order valence-electron chi connectivity index (χ4n) is 3.32. The Labute approximate surface area is 175 Å². The number of likely N-dealkylation sites (tertiary alicyclic amines) is 1. The molecule has 0 bridgehead atoms. The summed E-state index contributed by atoms with van der Waals surface area (Å²) in [6, 6.07) is 17.0. The average Bonchev–Trinajstić information content (AvgIpc) is 2.69. The normalized spacial score (nSPS) is 15.6. The Hall–Kier alpha value is -1.30. The van der Waals surface area contributed by atoms with E-state index in [9.17, 15) is 4.79 Å². The van der Waals surface area contributed by atoms with Crippen LogP contribution in [0.5, 0.6) is 0 Å². The SMILES string of the molecule is Cc1ccc(SCCNC(=O)C2CCN(Cc3ccc(Br)cc3)CC2)cc1. The molecule has 0 saturated carbocycles. The minimum atomic E-state index is 0.163. The van der Waals surface area contributed by atoms with Crippen molar-refractivity contribution in [3.05, 3.63) is 64.1 Å². The average molecular weight is 447 g/mol. The van der Waals surface area contributed by atoms with E-state index in [1.807, 2.05) is 0 Å². The van der Waals surface area contributed by atoms with Crippen LogP contribution in [-0.2, 0) is 11.3 Å². The number of aryl methyl sites for hydroxylation is 1. The molecule has 1 N–H and O–H groups in total. The number of hydrogen-bond acceptors (Lipinski definition) is 3. The molecule has 144 valence electrons. The number of piperidine rings is 1. The Kier molecular flexibility index (Phi) is 7.80. The lowest BCUT2D eigenvalue weighted by molar-refractivity contribution is -0.126. The van der Waals surface area contributed by atoms with E-state index in [1.165, 1.54) is 16.0 Å². The third-order valence-corrected chi connectivity index (χ3v) is 6.51. The molecule has 3 rings (SSSR count). The van der Waals surface area contributed by atoms with Gasteiger partial charge in [-0.2, -0.15) is 0 Å². The van der Waals surface area contributed by atoms with E-state index in [1.54, 1.807) is 11.8 Å². The van der Waals surface area contributed by atoms with Crippen LogP contribution in [0.1, 0.15) is 24.0 Å². The van der Waals surface area contributed by atoms with Crippen molar-refractivity contribution in [3.63, 3.8) is 0 Å². The molecule has 1 amide bonds. The summed E-state index contributed by atoms with van der Waals surface area (Å²) in [4.78, 5) is 16.1. The molecule has 1 aliphatic rings. The van der Waals surface area contributed by atoms with E-state index in [-0.39, 0.29) is 11.8 Å². The van der Waals surface area contributed by atoms with Crippen LogP contribution in [0.2, 0.25) is 0 Å². The van der Waals surface area contributed by atoms with Gasteiger partial charge in [0.1, 0.15) is 0 Å². The summed E-state index contributed by atoms with van der Waals surface area (Å²) in [7, 11) is 0. The molecule has 27 heavy (non-hydrogen) atoms. The van der Waals surface area contributed by atoms with Gasteiger partial charge in [0.15, 0.2) is 0 Å². The van der Waals surface area contributed by atoms with Gasteiger partial charge in [0.2, 0.25) is 5.91 Å². The molecule has 3 nitrogen and oxygen atoms in total. The molecule has 0 unspecified atom stereocenters. The Bertz CT molecular complexity index is 725. The smallest absolute Gasteiger partial charge is 0.223 e. The van der Waals surface area contributed by atoms with Crippen molar-refractivity contribution < 1.29 is 4.79 Å². The third kappa shape index (κ3) is 6.66. The highest BCUT2D eigenvalue weighted by Crippen LogP contribution is 2.21. The van der Waals surface area contributed by atoms with Crippen molar-refractivity contribution in [2.45, 2.75) is 31.2 Å². The number of nitrogens with zero attached hydrogens (tertiary/aromatic N) is 1. The number of nitrogens with one attached hydrogen (secondary N) is 1. The molecule has 0 aromatic heterocycles. The lowest BCUT2D eigenvalue weighted by Gasteiger charge is -2.31. The second-order valence-corrected chi connectivity index (χ2v) is 9.21. The second kappa shape index (κ2) is 10.3. The molecule has 1 saturated heterocycles. The van der Waals surface area contributed by atoms with E-state index in [2.05, 4.69) is 81.6 Å². The van der Waals surface area contributed by atoms with E-state index < -0.39 is 0 Å². The zero-order valence-corrected chi connectivity index (χ0v) is 18.2. The van der Waals surface area contributed by atoms with Crippen LogP contribution in [0.15, 0.2) is 57.9 Å². The summed E-state index contributed by atoms with van der Waals surface area (Å²) in [5, 5.41) is 3.12. The van der Waals surface area contributed by atoms with Crippen LogP contribution < -0.4 is 5.32 Å². The summed E-state index contributed by atoms with van der Waals surface area (Å²) in [5.74, 6) is 1.30. The predicted octanol–water partition coefficient (Wildman–Crippen LogP) is 4.88. The van der Waals surface area contributed by atoms with Crippen LogP contribution in [0.4, 0.5) is 0 Å². The topological polar surface area (TPSA) is 32.3 Å². The number of amides is 1. The van der Waals surface area contributed by atoms with Gasteiger partial charge in [-0.25, -0.2) is 0 Å². The summed E-state index contributed by atoms with van der Waals surface area (Å²) >= 11 is 5.27. The van der Waals surface area contributed by atoms with Crippen molar-refractivity contribution in [2.75, 3.05) is 25.4 Å². The molecule has 5 heteroatoms. The van der Waals surface area contributed by atoms with Gasteiger partial charge in [0, 0.05) is 34.1 Å². The van der Waals surface area contributed by atoms with E-state index in [0.717, 1.165) is 49.2 Å². The maximum Gasteiger partial charge on any atom is 0.223 e. The van der Waals surface area contributed by atoms with Crippen molar-refractivity contribution in [2.24, 2.45) is 5.92 Å². The highest BCUT2D eigenvalue weighted by Gasteiger charge is 2.24. The van der Waals surface area contributed by atoms with Gasteiger partial charge in [-0.3, -0.25) is 9.69 Å². The Morgan fingerprint density at radius 1 is 1.11 bits per heavy atom. The van der Waals surface area contributed by atoms with E-state index in [4.69, 9.17) is 0 Å². The predicted molar refractivity (Wildman–Crippen MR) is 117 cm³/mol. The molecule has 1 heterocycles. The van der Waals surface area contributed by atoms with Crippen molar-refractivity contribution in [1.82, 2.24) is 10.2 Å². The maximum atomic E-state index is 12.4. The van der Waals surface area contributed by atoms with E-state index >= 15 is 0 Å². The van der Waals surface area contributed by atoms with Crippen molar-refractivity contribution >= 4 is 33.6 Å². The summed E-state index contributed by atoms with van der Waals surface area (Å²) < 4.78 is 1.11. The Morgan fingerprint density at radius 2 is 1.78 bits per heavy atom. The molecular weight excluding hydrogens is 420 g/mol. The van der Waals surface area contributed by atoms with Gasteiger partial charge in [-0.05, 0) is 62.7 Å². The first-order valence-electron chi connectivity index (χ1n) is 9.54. The number of hydrogen-bond donors (Lipinski definition) is 1. The summed E-state index contributed by atoms with van der Waals surface area (Å²) in [5.41, 5.74) is 2.60. The van der Waals surface area contributed by atoms with Crippen molar-refractivity contribution in [1.29, 1.82) is 0 Å². The second-order valence-electron chi connectivity index (χ2n) is 7.13. The molecule has 0 aliphatic carbocycles. The van der Waals surface area contributed by atoms with Gasteiger partial charge < -0.3 is 5.32 Å². The molecule has 0 spiro atoms. The first kappa shape index (κ1) is 20.4. The Morgan fingerprint density at radius 3 is 2.44 bits per heavy atom. The lowest BCUT2D eigenvalue weighted by Crippen LogP contribution is -2.40. The molecule has 0 radical (unpaired) electrons. The van der Waals surface area contributed by atoms with E-state index in [0.29, 0.717) is 0 Å². The monoisotopic (exact) mass is 446 g/mol. The van der Waals surface area contributed by atoms with Gasteiger partial charge in [-0.1, -0.05) is 45.8 Å². The van der Waals surface area contributed by atoms with Gasteiger partial charge in [-0.15, -0.1) is 11.8 Å². The zero-order chi connectivity index (χ0) is 19.1. The molecule has 2 aromatic rings. The molecule has 0 atom stereocenters. The first-order valence-corrected chi connectivity index (χ1v) is 11.3. The minimum absolute atomic E-state index is 0.163. The highest BCUT2D eigenvalue weighted by atomic mass is 79.9. The number of carbonyl (C=O) groups is 1. The summed E-state index contributed by atoms with van der Waals surface area (Å²) in [6.45, 7) is 5.78. The Balaban J connectivity index is 1.33. The number of halogens is 1. The molecule has 1 fully saturated rings. The molecule has 2 aromatic carbocycles. The van der Waals surface area contributed by atoms with Crippen LogP contribution in [0, 0.1) is 12.8 Å². The number of thioether (sulfide) groups is 1.